The summed E-state index contributed by atoms with van der Waals surface area (Å²) in [6.45, 7) is 2.41. The first-order valence-corrected chi connectivity index (χ1v) is 9.50. The highest BCUT2D eigenvalue weighted by molar-refractivity contribution is 5.94. The number of aryl methyl sites for hydroxylation is 1. The monoisotopic (exact) mass is 396 g/mol. The molecule has 2 aliphatic heterocycles. The molecule has 1 amide bonds. The van der Waals surface area contributed by atoms with E-state index in [0.29, 0.717) is 36.5 Å². The Kier molecular flexibility index (Phi) is 4.59. The number of hydrogen-bond donors (Lipinski definition) is 1. The first kappa shape index (κ1) is 18.8. The molecule has 0 unspecified atom stereocenters. The fraction of sp³-hybridized carbons (Fsp3) is 0.611. The molecule has 0 aromatic carbocycles. The summed E-state index contributed by atoms with van der Waals surface area (Å²) in [6.07, 6.45) is 0.794. The molecule has 2 aromatic rings. The van der Waals surface area contributed by atoms with Crippen LogP contribution in [0.2, 0.25) is 0 Å². The molecule has 0 aliphatic carbocycles. The van der Waals surface area contributed by atoms with Crippen LogP contribution >= 0.6 is 0 Å². The van der Waals surface area contributed by atoms with Gasteiger partial charge in [-0.1, -0.05) is 6.92 Å². The number of likely N-dealkylation sites (tertiary alicyclic amines) is 1. The average molecular weight is 396 g/mol. The molecule has 28 heavy (non-hydrogen) atoms. The Morgan fingerprint density at radius 1 is 1.39 bits per heavy atom. The van der Waals surface area contributed by atoms with E-state index in [2.05, 4.69) is 15.5 Å². The topological polar surface area (TPSA) is 68.0 Å². The molecule has 1 fully saturated rings. The van der Waals surface area contributed by atoms with E-state index in [1.54, 1.807) is 28.9 Å². The second kappa shape index (κ2) is 6.82. The smallest absolute Gasteiger partial charge is 0.367 e. The van der Waals surface area contributed by atoms with Crippen LogP contribution in [0, 0.1) is 0 Å². The Labute approximate surface area is 160 Å². The lowest BCUT2D eigenvalue weighted by Gasteiger charge is -2.32. The Balaban J connectivity index is 1.64. The van der Waals surface area contributed by atoms with Crippen LogP contribution in [0.15, 0.2) is 18.5 Å². The number of aromatic nitrogens is 4. The zero-order valence-electron chi connectivity index (χ0n) is 15.8. The minimum Gasteiger partial charge on any atom is -0.367 e. The van der Waals surface area contributed by atoms with Crippen LogP contribution < -0.4 is 5.32 Å². The number of carbonyl (C=O) groups is 1. The molecule has 10 heteroatoms. The van der Waals surface area contributed by atoms with Gasteiger partial charge in [0.15, 0.2) is 6.04 Å². The Morgan fingerprint density at radius 2 is 2.18 bits per heavy atom. The maximum atomic E-state index is 13.6. The van der Waals surface area contributed by atoms with E-state index in [9.17, 15) is 18.0 Å². The summed E-state index contributed by atoms with van der Waals surface area (Å²) in [7, 11) is 1.73. The minimum absolute atomic E-state index is 0.0445. The van der Waals surface area contributed by atoms with Gasteiger partial charge >= 0.3 is 6.18 Å². The van der Waals surface area contributed by atoms with Gasteiger partial charge in [0.25, 0.3) is 5.91 Å². The number of nitrogens with zero attached hydrogens (tertiary/aromatic N) is 5. The van der Waals surface area contributed by atoms with Gasteiger partial charge in [0.1, 0.15) is 5.82 Å². The number of hydrogen-bond acceptors (Lipinski definition) is 4. The molecule has 1 N–H and O–H groups in total. The number of halogens is 3. The summed E-state index contributed by atoms with van der Waals surface area (Å²) in [5.41, 5.74) is 0.971. The third-order valence-corrected chi connectivity index (χ3v) is 5.59. The van der Waals surface area contributed by atoms with Crippen molar-refractivity contribution in [2.75, 3.05) is 11.9 Å². The number of fused-ring (bicyclic) bond motifs is 1. The first-order chi connectivity index (χ1) is 13.3. The highest BCUT2D eigenvalue weighted by atomic mass is 19.4. The van der Waals surface area contributed by atoms with Crippen molar-refractivity contribution in [1.82, 2.24) is 24.5 Å². The summed E-state index contributed by atoms with van der Waals surface area (Å²) >= 11 is 0. The van der Waals surface area contributed by atoms with Crippen molar-refractivity contribution < 1.29 is 18.0 Å². The third kappa shape index (κ3) is 3.24. The summed E-state index contributed by atoms with van der Waals surface area (Å²) in [4.78, 5) is 14.5. The minimum atomic E-state index is -4.37. The van der Waals surface area contributed by atoms with Crippen LogP contribution in [-0.2, 0) is 7.05 Å². The zero-order chi connectivity index (χ0) is 20.1. The lowest BCUT2D eigenvalue weighted by Crippen LogP contribution is -2.39. The van der Waals surface area contributed by atoms with Gasteiger partial charge in [0.05, 0.1) is 23.5 Å². The van der Waals surface area contributed by atoms with E-state index in [1.807, 2.05) is 6.92 Å². The second-order valence-corrected chi connectivity index (χ2v) is 7.50. The number of amides is 1. The molecular weight excluding hydrogens is 373 g/mol. The Bertz CT molecular complexity index is 873. The summed E-state index contributed by atoms with van der Waals surface area (Å²) in [5, 5.41) is 11.5. The number of anilines is 1. The zero-order valence-corrected chi connectivity index (χ0v) is 15.8. The highest BCUT2D eigenvalue weighted by Crippen LogP contribution is 2.42. The molecule has 152 valence electrons. The predicted molar refractivity (Wildman–Crippen MR) is 95.9 cm³/mol. The van der Waals surface area contributed by atoms with Crippen molar-refractivity contribution in [2.24, 2.45) is 7.05 Å². The fourth-order valence-corrected chi connectivity index (χ4v) is 4.11. The van der Waals surface area contributed by atoms with Crippen LogP contribution in [0.5, 0.6) is 0 Å². The van der Waals surface area contributed by atoms with Crippen molar-refractivity contribution in [3.05, 3.63) is 29.7 Å². The van der Waals surface area contributed by atoms with E-state index >= 15 is 0 Å². The molecule has 1 saturated heterocycles. The highest BCUT2D eigenvalue weighted by Gasteiger charge is 2.46. The standard InChI is InChI=1S/C18H23F3N6O/c1-3-12-7-15(18(19,20)21)27-16(23-12)8-13(24-27)14-5-4-6-26(14)17(28)11-9-22-25(2)10-11/h8-10,12,14-15,23H,3-7H2,1-2H3/t12-,14-,15-/m1/s1. The van der Waals surface area contributed by atoms with E-state index in [4.69, 9.17) is 0 Å². The second-order valence-electron chi connectivity index (χ2n) is 7.50. The van der Waals surface area contributed by atoms with Crippen LogP contribution in [0.25, 0.3) is 0 Å². The lowest BCUT2D eigenvalue weighted by molar-refractivity contribution is -0.173. The largest absolute Gasteiger partial charge is 0.410 e. The van der Waals surface area contributed by atoms with Crippen LogP contribution in [-0.4, -0.2) is 49.1 Å². The van der Waals surface area contributed by atoms with Crippen molar-refractivity contribution in [3.8, 4) is 0 Å². The quantitative estimate of drug-likeness (QED) is 0.865. The summed E-state index contributed by atoms with van der Waals surface area (Å²) in [6, 6.07) is -0.562. The van der Waals surface area contributed by atoms with E-state index in [0.717, 1.165) is 11.1 Å². The van der Waals surface area contributed by atoms with Crippen LogP contribution in [0.4, 0.5) is 19.0 Å². The number of carbonyl (C=O) groups excluding carboxylic acids is 1. The number of nitrogens with one attached hydrogen (secondary N) is 1. The molecular formula is C18H23F3N6O. The van der Waals surface area contributed by atoms with Gasteiger partial charge in [-0.2, -0.15) is 23.4 Å². The Morgan fingerprint density at radius 3 is 2.82 bits per heavy atom. The van der Waals surface area contributed by atoms with Gasteiger partial charge in [-0.25, -0.2) is 4.68 Å². The average Bonchev–Trinajstić information content (AvgIpc) is 3.37. The third-order valence-electron chi connectivity index (χ3n) is 5.59. The van der Waals surface area contributed by atoms with Crippen molar-refractivity contribution in [3.63, 3.8) is 0 Å². The van der Waals surface area contributed by atoms with Crippen LogP contribution in [0.3, 0.4) is 0 Å². The molecule has 2 aliphatic rings. The SMILES string of the molecule is CC[C@@H]1C[C@H](C(F)(F)F)n2nc([C@H]3CCCN3C(=O)c3cnn(C)c3)cc2N1. The molecule has 0 spiro atoms. The normalized spacial score (nSPS) is 24.9. The molecule has 3 atom stereocenters. The molecule has 0 radical (unpaired) electrons. The number of rotatable bonds is 3. The van der Waals surface area contributed by atoms with E-state index < -0.39 is 12.2 Å². The van der Waals surface area contributed by atoms with Gasteiger partial charge < -0.3 is 10.2 Å². The van der Waals surface area contributed by atoms with Gasteiger partial charge in [0, 0.05) is 31.9 Å². The van der Waals surface area contributed by atoms with Gasteiger partial charge in [-0.05, 0) is 25.7 Å². The summed E-state index contributed by atoms with van der Waals surface area (Å²) in [5.74, 6) is 0.199. The molecule has 4 heterocycles. The lowest BCUT2D eigenvalue weighted by atomic mass is 10.0. The molecule has 2 aromatic heterocycles. The van der Waals surface area contributed by atoms with Crippen molar-refractivity contribution in [1.29, 1.82) is 0 Å². The maximum absolute atomic E-state index is 13.6. The van der Waals surface area contributed by atoms with Crippen molar-refractivity contribution >= 4 is 11.7 Å². The molecule has 0 saturated carbocycles. The fourth-order valence-electron chi connectivity index (χ4n) is 4.11. The van der Waals surface area contributed by atoms with Crippen molar-refractivity contribution in [2.45, 2.75) is 56.9 Å². The Hall–Kier alpha value is -2.52. The van der Waals surface area contributed by atoms with Gasteiger partial charge in [-0.15, -0.1) is 0 Å². The first-order valence-electron chi connectivity index (χ1n) is 9.50. The van der Waals surface area contributed by atoms with Gasteiger partial charge in [0.2, 0.25) is 0 Å². The molecule has 4 rings (SSSR count). The summed E-state index contributed by atoms with van der Waals surface area (Å²) < 4.78 is 43.3. The van der Waals surface area contributed by atoms with E-state index in [-0.39, 0.29) is 24.4 Å². The molecule has 7 nitrogen and oxygen atoms in total. The number of alkyl halides is 3. The predicted octanol–water partition coefficient (Wildman–Crippen LogP) is 3.29. The maximum Gasteiger partial charge on any atom is 0.410 e. The molecule has 0 bridgehead atoms. The van der Waals surface area contributed by atoms with E-state index in [1.165, 1.54) is 6.20 Å². The van der Waals surface area contributed by atoms with Crippen LogP contribution in [0.1, 0.15) is 60.7 Å². The van der Waals surface area contributed by atoms with Gasteiger partial charge in [-0.3, -0.25) is 9.48 Å².